The standard InChI is InChI=1S/C11H18N2O3/c1-2-12-6-9-7-15-11(13-9)16-8-10-4-3-5-14-10/h7,10,12H,2-6,8H2,1H3. The second-order valence-electron chi connectivity index (χ2n) is 3.83. The van der Waals surface area contributed by atoms with Crippen molar-refractivity contribution in [2.24, 2.45) is 0 Å². The van der Waals surface area contributed by atoms with Gasteiger partial charge in [0.05, 0.1) is 11.8 Å². The molecule has 0 spiro atoms. The van der Waals surface area contributed by atoms with Crippen molar-refractivity contribution in [1.82, 2.24) is 10.3 Å². The molecule has 0 aliphatic carbocycles. The lowest BCUT2D eigenvalue weighted by Gasteiger charge is -2.07. The predicted octanol–water partition coefficient (Wildman–Crippen LogP) is 1.34. The highest BCUT2D eigenvalue weighted by Crippen LogP contribution is 2.15. The quantitative estimate of drug-likeness (QED) is 0.793. The first-order chi connectivity index (χ1) is 7.88. The molecule has 0 amide bonds. The van der Waals surface area contributed by atoms with Crippen LogP contribution in [0.5, 0.6) is 6.08 Å². The number of nitrogens with one attached hydrogen (secondary N) is 1. The van der Waals surface area contributed by atoms with Gasteiger partial charge in [0.2, 0.25) is 0 Å². The summed E-state index contributed by atoms with van der Waals surface area (Å²) in [5.74, 6) is 0. The van der Waals surface area contributed by atoms with E-state index in [0.717, 1.165) is 31.7 Å². The Kier molecular flexibility index (Phi) is 4.18. The topological polar surface area (TPSA) is 56.5 Å². The van der Waals surface area contributed by atoms with E-state index in [0.29, 0.717) is 19.2 Å². The van der Waals surface area contributed by atoms with Gasteiger partial charge in [-0.05, 0) is 19.4 Å². The largest absolute Gasteiger partial charge is 0.447 e. The Morgan fingerprint density at radius 1 is 1.62 bits per heavy atom. The van der Waals surface area contributed by atoms with Crippen LogP contribution in [0.15, 0.2) is 10.7 Å². The minimum absolute atomic E-state index is 0.198. The molecule has 1 N–H and O–H groups in total. The Balaban J connectivity index is 1.73. The van der Waals surface area contributed by atoms with E-state index in [-0.39, 0.29) is 6.10 Å². The number of aromatic nitrogens is 1. The van der Waals surface area contributed by atoms with Crippen molar-refractivity contribution in [3.8, 4) is 6.08 Å². The zero-order valence-corrected chi connectivity index (χ0v) is 9.57. The van der Waals surface area contributed by atoms with Crippen LogP contribution in [-0.2, 0) is 11.3 Å². The summed E-state index contributed by atoms with van der Waals surface area (Å²) in [4.78, 5) is 4.20. The van der Waals surface area contributed by atoms with Crippen molar-refractivity contribution >= 4 is 0 Å². The van der Waals surface area contributed by atoms with Gasteiger partial charge < -0.3 is 19.2 Å². The van der Waals surface area contributed by atoms with Crippen LogP contribution >= 0.6 is 0 Å². The Morgan fingerprint density at radius 3 is 3.31 bits per heavy atom. The third-order valence-electron chi connectivity index (χ3n) is 2.50. The number of hydrogen-bond donors (Lipinski definition) is 1. The molecule has 1 atom stereocenters. The van der Waals surface area contributed by atoms with Gasteiger partial charge in [0.25, 0.3) is 0 Å². The summed E-state index contributed by atoms with van der Waals surface area (Å²) in [6.07, 6.45) is 4.33. The molecule has 5 nitrogen and oxygen atoms in total. The van der Waals surface area contributed by atoms with Gasteiger partial charge in [0, 0.05) is 13.2 Å². The highest BCUT2D eigenvalue weighted by molar-refractivity contribution is 4.99. The molecule has 0 aromatic carbocycles. The van der Waals surface area contributed by atoms with Crippen LogP contribution in [-0.4, -0.2) is 30.8 Å². The molecule has 5 heteroatoms. The first kappa shape index (κ1) is 11.4. The number of oxazole rings is 1. The molecule has 1 fully saturated rings. The number of nitrogens with zero attached hydrogens (tertiary/aromatic N) is 1. The maximum absolute atomic E-state index is 5.44. The molecular formula is C11H18N2O3. The molecule has 2 rings (SSSR count). The van der Waals surface area contributed by atoms with Crippen LogP contribution in [0, 0.1) is 0 Å². The van der Waals surface area contributed by atoms with Crippen molar-refractivity contribution in [3.05, 3.63) is 12.0 Å². The Morgan fingerprint density at radius 2 is 2.56 bits per heavy atom. The first-order valence-electron chi connectivity index (χ1n) is 5.78. The summed E-state index contributed by atoms with van der Waals surface area (Å²) >= 11 is 0. The van der Waals surface area contributed by atoms with Gasteiger partial charge >= 0.3 is 6.08 Å². The number of rotatable bonds is 6. The molecule has 0 saturated carbocycles. The third-order valence-corrected chi connectivity index (χ3v) is 2.50. The maximum atomic E-state index is 5.44. The summed E-state index contributed by atoms with van der Waals surface area (Å²) in [6.45, 7) is 5.05. The molecule has 1 aromatic rings. The van der Waals surface area contributed by atoms with E-state index in [1.165, 1.54) is 0 Å². The fourth-order valence-electron chi connectivity index (χ4n) is 1.63. The summed E-state index contributed by atoms with van der Waals surface area (Å²) in [5.41, 5.74) is 0.865. The SMILES string of the molecule is CCNCc1coc(OCC2CCCO2)n1. The monoisotopic (exact) mass is 226 g/mol. The van der Waals surface area contributed by atoms with Crippen molar-refractivity contribution < 1.29 is 13.9 Å². The lowest BCUT2D eigenvalue weighted by atomic mass is 10.2. The smallest absolute Gasteiger partial charge is 0.393 e. The van der Waals surface area contributed by atoms with Crippen LogP contribution < -0.4 is 10.1 Å². The average molecular weight is 226 g/mol. The minimum Gasteiger partial charge on any atom is -0.447 e. The fraction of sp³-hybridized carbons (Fsp3) is 0.727. The lowest BCUT2D eigenvalue weighted by molar-refractivity contribution is 0.0565. The van der Waals surface area contributed by atoms with Crippen LogP contribution in [0.3, 0.4) is 0 Å². The normalized spacial score (nSPS) is 20.2. The van der Waals surface area contributed by atoms with Crippen LogP contribution in [0.1, 0.15) is 25.5 Å². The van der Waals surface area contributed by atoms with Crippen LogP contribution in [0.25, 0.3) is 0 Å². The molecule has 2 heterocycles. The second-order valence-corrected chi connectivity index (χ2v) is 3.83. The molecule has 16 heavy (non-hydrogen) atoms. The van der Waals surface area contributed by atoms with Gasteiger partial charge in [-0.15, -0.1) is 0 Å². The lowest BCUT2D eigenvalue weighted by Crippen LogP contribution is -2.16. The van der Waals surface area contributed by atoms with Gasteiger partial charge in [-0.3, -0.25) is 0 Å². The average Bonchev–Trinajstić information content (AvgIpc) is 2.95. The maximum Gasteiger partial charge on any atom is 0.393 e. The van der Waals surface area contributed by atoms with E-state index in [2.05, 4.69) is 17.2 Å². The summed E-state index contributed by atoms with van der Waals surface area (Å²) in [6, 6.07) is 0. The van der Waals surface area contributed by atoms with Crippen molar-refractivity contribution in [2.75, 3.05) is 19.8 Å². The molecule has 0 bridgehead atoms. The highest BCUT2D eigenvalue weighted by atomic mass is 16.6. The molecule has 1 unspecified atom stereocenters. The summed E-state index contributed by atoms with van der Waals surface area (Å²) in [7, 11) is 0. The van der Waals surface area contributed by atoms with Gasteiger partial charge in [0.15, 0.2) is 0 Å². The Hall–Kier alpha value is -1.07. The molecule has 0 radical (unpaired) electrons. The van der Waals surface area contributed by atoms with Gasteiger partial charge in [-0.1, -0.05) is 6.92 Å². The van der Waals surface area contributed by atoms with E-state index in [4.69, 9.17) is 13.9 Å². The van der Waals surface area contributed by atoms with E-state index in [1.807, 2.05) is 0 Å². The van der Waals surface area contributed by atoms with E-state index in [1.54, 1.807) is 6.26 Å². The van der Waals surface area contributed by atoms with Crippen molar-refractivity contribution in [1.29, 1.82) is 0 Å². The predicted molar refractivity (Wildman–Crippen MR) is 58.4 cm³/mol. The second kappa shape index (κ2) is 5.86. The highest BCUT2D eigenvalue weighted by Gasteiger charge is 2.17. The fourth-order valence-corrected chi connectivity index (χ4v) is 1.63. The van der Waals surface area contributed by atoms with Crippen molar-refractivity contribution in [3.63, 3.8) is 0 Å². The molecule has 1 aromatic heterocycles. The van der Waals surface area contributed by atoms with Crippen LogP contribution in [0.2, 0.25) is 0 Å². The Bertz CT molecular complexity index is 308. The zero-order valence-electron chi connectivity index (χ0n) is 9.57. The first-order valence-corrected chi connectivity index (χ1v) is 5.78. The van der Waals surface area contributed by atoms with E-state index < -0.39 is 0 Å². The molecule has 1 aliphatic heterocycles. The summed E-state index contributed by atoms with van der Waals surface area (Å²) in [5, 5.41) is 3.17. The zero-order chi connectivity index (χ0) is 11.2. The van der Waals surface area contributed by atoms with Crippen molar-refractivity contribution in [2.45, 2.75) is 32.4 Å². The minimum atomic E-state index is 0.198. The summed E-state index contributed by atoms with van der Waals surface area (Å²) < 4.78 is 16.1. The van der Waals surface area contributed by atoms with E-state index in [9.17, 15) is 0 Å². The van der Waals surface area contributed by atoms with E-state index >= 15 is 0 Å². The van der Waals surface area contributed by atoms with Gasteiger partial charge in [-0.2, -0.15) is 4.98 Å². The number of hydrogen-bond acceptors (Lipinski definition) is 5. The van der Waals surface area contributed by atoms with Crippen LogP contribution in [0.4, 0.5) is 0 Å². The molecule has 1 saturated heterocycles. The number of ether oxygens (including phenoxy) is 2. The Labute approximate surface area is 95.1 Å². The van der Waals surface area contributed by atoms with Gasteiger partial charge in [0.1, 0.15) is 12.9 Å². The third kappa shape index (κ3) is 3.21. The van der Waals surface area contributed by atoms with Gasteiger partial charge in [-0.25, -0.2) is 0 Å². The molecule has 90 valence electrons. The molecule has 1 aliphatic rings. The molecular weight excluding hydrogens is 208 g/mol.